The molecule has 2 aliphatic heterocycles. The molecule has 8 N–H and O–H groups in total. The molecule has 0 spiro atoms. The van der Waals surface area contributed by atoms with E-state index in [-0.39, 0.29) is 77.7 Å². The Balaban J connectivity index is 0.00000449. The first-order valence-corrected chi connectivity index (χ1v) is 20.4. The van der Waals surface area contributed by atoms with Gasteiger partial charge in [0, 0.05) is 29.5 Å². The van der Waals surface area contributed by atoms with E-state index in [1.165, 1.54) is 6.07 Å². The molecule has 64 heavy (non-hydrogen) atoms. The van der Waals surface area contributed by atoms with Crippen LogP contribution < -0.4 is 78.8 Å². The zero-order chi connectivity index (χ0) is 44.6. The summed E-state index contributed by atoms with van der Waals surface area (Å²) < 4.78 is 23.1. The largest absolute Gasteiger partial charge is 1.00 e. The van der Waals surface area contributed by atoms with Gasteiger partial charge in [-0.1, -0.05) is 85.0 Å². The molecule has 1 aliphatic carbocycles. The summed E-state index contributed by atoms with van der Waals surface area (Å²) in [6, 6.07) is 21.2. The van der Waals surface area contributed by atoms with Crippen molar-refractivity contribution in [1.82, 2.24) is 0 Å². The van der Waals surface area contributed by atoms with Crippen molar-refractivity contribution in [2.75, 3.05) is 13.2 Å². The van der Waals surface area contributed by atoms with E-state index in [0.717, 1.165) is 11.1 Å². The molecule has 0 amide bonds. The van der Waals surface area contributed by atoms with Crippen LogP contribution in [-0.2, 0) is 25.5 Å². The molecule has 1 unspecified atom stereocenters. The Bertz CT molecular complexity index is 2110. The minimum Gasteiger partial charge on any atom is -0.550 e. The van der Waals surface area contributed by atoms with Gasteiger partial charge in [0.25, 0.3) is 0 Å². The fourth-order valence-electron chi connectivity index (χ4n) is 8.07. The second-order valence-electron chi connectivity index (χ2n) is 15.8. The van der Waals surface area contributed by atoms with Crippen LogP contribution in [0.3, 0.4) is 0 Å². The summed E-state index contributed by atoms with van der Waals surface area (Å²) in [6.07, 6.45) is -6.16. The Labute approximate surface area is 414 Å². The maximum Gasteiger partial charge on any atom is 1.00 e. The number of aliphatic carboxylic acids is 2. The van der Waals surface area contributed by atoms with Crippen molar-refractivity contribution < 1.29 is 139 Å². The molecular weight excluding hydrogens is 854 g/mol. The van der Waals surface area contributed by atoms with E-state index in [4.69, 9.17) is 18.9 Å². The molecule has 3 aromatic carbocycles. The first kappa shape index (κ1) is 53.6. The average molecular weight is 907 g/mol. The molecule has 0 radical (unpaired) electrons. The van der Waals surface area contributed by atoms with Gasteiger partial charge >= 0.3 is 59.1 Å². The van der Waals surface area contributed by atoms with E-state index >= 15 is 0 Å². The number of allylic oxidation sites excluding steroid dienone is 5. The Morgan fingerprint density at radius 1 is 0.688 bits per heavy atom. The van der Waals surface area contributed by atoms with E-state index < -0.39 is 98.4 Å². The van der Waals surface area contributed by atoms with Crippen LogP contribution in [0.15, 0.2) is 103 Å². The molecule has 2 saturated heterocycles. The summed E-state index contributed by atoms with van der Waals surface area (Å²) in [4.78, 5) is 24.1. The zero-order valence-electron chi connectivity index (χ0n) is 35.7. The molecule has 2 heterocycles. The number of benzene rings is 3. The first-order chi connectivity index (χ1) is 29.7. The third kappa shape index (κ3) is 13.1. The topological polar surface area (TPSA) is 279 Å². The first-order valence-electron chi connectivity index (χ1n) is 20.4. The van der Waals surface area contributed by atoms with Crippen molar-refractivity contribution in [3.05, 3.63) is 114 Å². The van der Waals surface area contributed by atoms with Crippen LogP contribution in [0, 0.1) is 5.41 Å². The number of rotatable bonds is 18. The van der Waals surface area contributed by atoms with E-state index in [1.807, 2.05) is 48.6 Å². The minimum absolute atomic E-state index is 0. The summed E-state index contributed by atoms with van der Waals surface area (Å²) in [5.41, 5.74) is 2.56. The fraction of sp³-hybridized carbons (Fsp3) is 0.435. The monoisotopic (exact) mass is 906 g/mol. The van der Waals surface area contributed by atoms with Gasteiger partial charge in [0.15, 0.2) is 0 Å². The summed E-state index contributed by atoms with van der Waals surface area (Å²) >= 11 is 0. The molecule has 6 rings (SSSR count). The van der Waals surface area contributed by atoms with Crippen molar-refractivity contribution in [2.24, 2.45) is 5.41 Å². The number of hydrogen-bond acceptors (Lipinski definition) is 16. The normalized spacial score (nSPS) is 29.1. The van der Waals surface area contributed by atoms with Gasteiger partial charge in [0.2, 0.25) is 12.6 Å². The van der Waals surface area contributed by atoms with E-state index in [1.54, 1.807) is 42.5 Å². The van der Waals surface area contributed by atoms with E-state index in [0.29, 0.717) is 53.7 Å². The molecule has 11 atom stereocenters. The number of para-hydroxylation sites is 2. The molecule has 334 valence electrons. The SMILES string of the molecule is O=C([O-])CC1=CCC(CC/C=C/CCc2cccc(-c3ccccc3O[C@H]3O[C@H](CO)[C@@H](O)[C@H](O)[C@@H]3O)c2)(CC(=O)[O-])C=C1c1ccccc1O[C@H]1O[C@H](CO)[C@@H](O)[C@H](O)[C@@H]1O.[Na+].[Na+]. The Kier molecular flexibility index (Phi) is 20.7. The molecule has 18 heteroatoms. The predicted molar refractivity (Wildman–Crippen MR) is 216 cm³/mol. The van der Waals surface area contributed by atoms with Gasteiger partial charge in [-0.15, -0.1) is 0 Å². The number of carbonyl (C=O) groups excluding carboxylic acids is 2. The molecular formula is C46H52Na2O16. The number of carboxylic acids is 2. The number of aliphatic hydroxyl groups is 8. The van der Waals surface area contributed by atoms with Gasteiger partial charge in [-0.2, -0.15) is 0 Å². The average Bonchev–Trinajstić information content (AvgIpc) is 3.26. The molecule has 2 fully saturated rings. The summed E-state index contributed by atoms with van der Waals surface area (Å²) in [6.45, 7) is -1.26. The quantitative estimate of drug-likeness (QED) is 0.0436. The number of hydrogen-bond donors (Lipinski definition) is 8. The molecule has 0 bridgehead atoms. The van der Waals surface area contributed by atoms with Crippen LogP contribution in [-0.4, -0.2) is 127 Å². The maximum absolute atomic E-state index is 12.2. The van der Waals surface area contributed by atoms with Gasteiger partial charge in [-0.05, 0) is 78.3 Å². The third-order valence-corrected chi connectivity index (χ3v) is 11.4. The summed E-state index contributed by atoms with van der Waals surface area (Å²) in [5.74, 6) is -2.20. The van der Waals surface area contributed by atoms with Crippen LogP contribution in [0.4, 0.5) is 0 Å². The predicted octanol–water partition coefficient (Wildman–Crippen LogP) is -6.33. The van der Waals surface area contributed by atoms with Crippen molar-refractivity contribution in [3.63, 3.8) is 0 Å². The summed E-state index contributed by atoms with van der Waals surface area (Å²) in [5, 5.41) is 105. The fourth-order valence-corrected chi connectivity index (χ4v) is 8.07. The number of carbonyl (C=O) groups is 2. The standard InChI is InChI=1S/C46H54O16.2Na/c47-24-34-38(53)40(55)42(57)44(61-34)59-32-15-6-4-13-29(32)27-12-9-11-26(20-27)10-3-1-2-8-18-46(23-37(51)52)19-17-28(21-36(49)50)31(22-46)30-14-5-7-16-33(30)60-45-43(58)41(56)39(54)35(25-48)62-45;;/h1-2,4-7,9,11-17,20,22,34-35,38-45,47-48,53-58H,3,8,10,18-19,21,23-25H2,(H,49,50)(H,51,52);;/q;2*+1/p-2/b2-1+;;/t34-,35-,38-,39-,40+,41+,42+,43+,44+,45+,46?;;/m1../s1. The van der Waals surface area contributed by atoms with E-state index in [9.17, 15) is 60.7 Å². The van der Waals surface area contributed by atoms with Gasteiger partial charge in [0.05, 0.1) is 13.2 Å². The van der Waals surface area contributed by atoms with Crippen LogP contribution in [0.1, 0.15) is 49.7 Å². The van der Waals surface area contributed by atoms with Gasteiger partial charge < -0.3 is 79.6 Å². The van der Waals surface area contributed by atoms with Crippen molar-refractivity contribution in [1.29, 1.82) is 0 Å². The number of ether oxygens (including phenoxy) is 4. The summed E-state index contributed by atoms with van der Waals surface area (Å²) in [7, 11) is 0. The van der Waals surface area contributed by atoms with Crippen LogP contribution in [0.25, 0.3) is 16.7 Å². The smallest absolute Gasteiger partial charge is 0.550 e. The Morgan fingerprint density at radius 3 is 1.80 bits per heavy atom. The zero-order valence-corrected chi connectivity index (χ0v) is 39.7. The van der Waals surface area contributed by atoms with Crippen molar-refractivity contribution in [2.45, 2.75) is 106 Å². The molecule has 3 aromatic rings. The van der Waals surface area contributed by atoms with Crippen LogP contribution in [0.5, 0.6) is 11.5 Å². The van der Waals surface area contributed by atoms with Crippen molar-refractivity contribution in [3.8, 4) is 22.6 Å². The second kappa shape index (κ2) is 24.7. The number of aryl methyl sites for hydroxylation is 1. The third-order valence-electron chi connectivity index (χ3n) is 11.4. The van der Waals surface area contributed by atoms with Crippen LogP contribution >= 0.6 is 0 Å². The van der Waals surface area contributed by atoms with Gasteiger partial charge in [0.1, 0.15) is 60.3 Å². The Morgan fingerprint density at radius 2 is 1.23 bits per heavy atom. The minimum atomic E-state index is -1.71. The van der Waals surface area contributed by atoms with E-state index in [2.05, 4.69) is 0 Å². The maximum atomic E-state index is 12.2. The molecule has 3 aliphatic rings. The molecule has 0 saturated carbocycles. The van der Waals surface area contributed by atoms with Crippen molar-refractivity contribution >= 4 is 17.5 Å². The Hall–Kier alpha value is -2.98. The second-order valence-corrected chi connectivity index (χ2v) is 15.8. The number of aliphatic hydroxyl groups excluding tert-OH is 8. The number of carboxylic acid groups (broad SMARTS) is 2. The van der Waals surface area contributed by atoms with Gasteiger partial charge in [-0.25, -0.2) is 0 Å². The van der Waals surface area contributed by atoms with Gasteiger partial charge in [-0.3, -0.25) is 0 Å². The molecule has 16 nitrogen and oxygen atoms in total. The molecule has 0 aromatic heterocycles. The van der Waals surface area contributed by atoms with Crippen LogP contribution in [0.2, 0.25) is 0 Å².